The van der Waals surface area contributed by atoms with E-state index < -0.39 is 6.04 Å². The summed E-state index contributed by atoms with van der Waals surface area (Å²) < 4.78 is 15.0. The van der Waals surface area contributed by atoms with Crippen LogP contribution in [0.15, 0.2) is 24.3 Å². The number of hydrogen-bond acceptors (Lipinski definition) is 5. The number of amides is 1. The highest BCUT2D eigenvalue weighted by atomic mass is 35.5. The van der Waals surface area contributed by atoms with Gasteiger partial charge in [0.15, 0.2) is 0 Å². The summed E-state index contributed by atoms with van der Waals surface area (Å²) in [6.45, 7) is 5.59. The first-order valence-electron chi connectivity index (χ1n) is 8.54. The fourth-order valence-electron chi connectivity index (χ4n) is 3.17. The molecule has 9 heteroatoms. The molecule has 1 fully saturated rings. The van der Waals surface area contributed by atoms with Crippen molar-refractivity contribution >= 4 is 18.3 Å². The van der Waals surface area contributed by atoms with Crippen molar-refractivity contribution in [3.05, 3.63) is 41.5 Å². The smallest absolute Gasteiger partial charge is 0.245 e. The summed E-state index contributed by atoms with van der Waals surface area (Å²) in [6.07, 6.45) is 1.34. The molecule has 3 unspecified atom stereocenters. The van der Waals surface area contributed by atoms with Crippen molar-refractivity contribution in [1.82, 2.24) is 30.8 Å². The monoisotopic (exact) mass is 382 g/mol. The van der Waals surface area contributed by atoms with Crippen molar-refractivity contribution in [3.63, 3.8) is 0 Å². The third-order valence-corrected chi connectivity index (χ3v) is 4.73. The zero-order valence-corrected chi connectivity index (χ0v) is 15.7. The number of carbonyl (C=O) groups is 1. The molecule has 26 heavy (non-hydrogen) atoms. The quantitative estimate of drug-likeness (QED) is 0.817. The van der Waals surface area contributed by atoms with Gasteiger partial charge in [-0.25, -0.2) is 9.07 Å². The van der Waals surface area contributed by atoms with Gasteiger partial charge in [0.2, 0.25) is 5.91 Å². The Labute approximate surface area is 158 Å². The van der Waals surface area contributed by atoms with E-state index in [1.807, 2.05) is 0 Å². The molecule has 1 aliphatic heterocycles. The molecule has 1 amide bonds. The van der Waals surface area contributed by atoms with E-state index in [1.54, 1.807) is 19.1 Å². The Bertz CT molecular complexity index is 740. The van der Waals surface area contributed by atoms with Crippen LogP contribution in [0.5, 0.6) is 0 Å². The second-order valence-corrected chi connectivity index (χ2v) is 6.61. The average Bonchev–Trinajstić information content (AvgIpc) is 3.00. The summed E-state index contributed by atoms with van der Waals surface area (Å²) in [5.74, 6) is 0.469. The summed E-state index contributed by atoms with van der Waals surface area (Å²) in [6, 6.07) is 5.70. The van der Waals surface area contributed by atoms with Gasteiger partial charge in [-0.2, -0.15) is 0 Å². The minimum Gasteiger partial charge on any atom is -0.350 e. The van der Waals surface area contributed by atoms with Crippen LogP contribution in [0.2, 0.25) is 0 Å². The number of carbonyl (C=O) groups excluding carboxylic acids is 1. The Balaban J connectivity index is 0.00000243. The molecule has 1 aliphatic rings. The van der Waals surface area contributed by atoms with Gasteiger partial charge in [0.25, 0.3) is 0 Å². The molecule has 1 saturated heterocycles. The fraction of sp³-hybridized carbons (Fsp3) is 0.529. The van der Waals surface area contributed by atoms with Crippen LogP contribution in [-0.2, 0) is 11.2 Å². The number of aromatic nitrogens is 4. The minimum absolute atomic E-state index is 0. The van der Waals surface area contributed by atoms with Crippen molar-refractivity contribution in [2.75, 3.05) is 13.1 Å². The molecule has 0 saturated carbocycles. The molecule has 7 nitrogen and oxygen atoms in total. The van der Waals surface area contributed by atoms with Crippen LogP contribution < -0.4 is 10.6 Å². The lowest BCUT2D eigenvalue weighted by atomic mass is 9.94. The number of rotatable bonds is 5. The van der Waals surface area contributed by atoms with Gasteiger partial charge in [-0.3, -0.25) is 4.79 Å². The lowest BCUT2D eigenvalue weighted by molar-refractivity contribution is -0.125. The van der Waals surface area contributed by atoms with Crippen molar-refractivity contribution in [1.29, 1.82) is 0 Å². The Kier molecular flexibility index (Phi) is 7.05. The Morgan fingerprint density at radius 1 is 1.50 bits per heavy atom. The SMILES string of the molecule is Cc1nnnn1C(Cc1cccc(F)c1)C(=O)NC1CNCCC1C.Cl. The van der Waals surface area contributed by atoms with Gasteiger partial charge >= 0.3 is 0 Å². The number of halogens is 2. The maximum Gasteiger partial charge on any atom is 0.245 e. The van der Waals surface area contributed by atoms with E-state index >= 15 is 0 Å². The van der Waals surface area contributed by atoms with Gasteiger partial charge in [-0.15, -0.1) is 17.5 Å². The summed E-state index contributed by atoms with van der Waals surface area (Å²) >= 11 is 0. The van der Waals surface area contributed by atoms with Crippen LogP contribution in [0, 0.1) is 18.7 Å². The molecule has 0 bridgehead atoms. The van der Waals surface area contributed by atoms with E-state index in [0.717, 1.165) is 25.1 Å². The molecular formula is C17H24ClFN6O. The average molecular weight is 383 g/mol. The zero-order valence-electron chi connectivity index (χ0n) is 14.9. The number of nitrogens with zero attached hydrogens (tertiary/aromatic N) is 4. The van der Waals surface area contributed by atoms with Crippen LogP contribution in [0.4, 0.5) is 4.39 Å². The summed E-state index contributed by atoms with van der Waals surface area (Å²) in [5, 5.41) is 17.9. The molecule has 2 heterocycles. The van der Waals surface area contributed by atoms with Gasteiger partial charge in [0, 0.05) is 19.0 Å². The first-order chi connectivity index (χ1) is 12.0. The third kappa shape index (κ3) is 4.76. The van der Waals surface area contributed by atoms with Gasteiger partial charge in [0.05, 0.1) is 0 Å². The van der Waals surface area contributed by atoms with E-state index in [2.05, 4.69) is 33.1 Å². The molecule has 0 aliphatic carbocycles. The van der Waals surface area contributed by atoms with Crippen LogP contribution >= 0.6 is 12.4 Å². The lowest BCUT2D eigenvalue weighted by Gasteiger charge is -2.31. The van der Waals surface area contributed by atoms with Crippen LogP contribution in [-0.4, -0.2) is 45.2 Å². The largest absolute Gasteiger partial charge is 0.350 e. The highest BCUT2D eigenvalue weighted by molar-refractivity contribution is 5.85. The van der Waals surface area contributed by atoms with Crippen LogP contribution in [0.3, 0.4) is 0 Å². The van der Waals surface area contributed by atoms with Crippen LogP contribution in [0.25, 0.3) is 0 Å². The summed E-state index contributed by atoms with van der Waals surface area (Å²) in [4.78, 5) is 12.9. The van der Waals surface area contributed by atoms with Crippen molar-refractivity contribution in [2.45, 2.75) is 38.8 Å². The normalized spacial score (nSPS) is 20.9. The molecule has 3 atom stereocenters. The molecule has 3 rings (SSSR count). The second kappa shape index (κ2) is 9.05. The number of tetrazole rings is 1. The lowest BCUT2D eigenvalue weighted by Crippen LogP contribution is -2.52. The van der Waals surface area contributed by atoms with Gasteiger partial charge in [0.1, 0.15) is 17.7 Å². The molecule has 2 aromatic rings. The summed E-state index contributed by atoms with van der Waals surface area (Å²) in [7, 11) is 0. The topological polar surface area (TPSA) is 84.7 Å². The number of benzene rings is 1. The van der Waals surface area contributed by atoms with E-state index in [4.69, 9.17) is 0 Å². The fourth-order valence-corrected chi connectivity index (χ4v) is 3.17. The summed E-state index contributed by atoms with van der Waals surface area (Å²) in [5.41, 5.74) is 0.727. The molecule has 1 aromatic heterocycles. The van der Waals surface area contributed by atoms with Crippen LogP contribution in [0.1, 0.15) is 30.8 Å². The first-order valence-corrected chi connectivity index (χ1v) is 8.54. The van der Waals surface area contributed by atoms with E-state index in [-0.39, 0.29) is 30.2 Å². The molecule has 142 valence electrons. The van der Waals surface area contributed by atoms with E-state index in [9.17, 15) is 9.18 Å². The third-order valence-electron chi connectivity index (χ3n) is 4.73. The molecule has 0 spiro atoms. The maximum absolute atomic E-state index is 13.5. The molecular weight excluding hydrogens is 359 g/mol. The number of nitrogens with one attached hydrogen (secondary N) is 2. The molecule has 2 N–H and O–H groups in total. The van der Waals surface area contributed by atoms with Gasteiger partial charge < -0.3 is 10.6 Å². The highest BCUT2D eigenvalue weighted by Gasteiger charge is 2.29. The van der Waals surface area contributed by atoms with Crippen molar-refractivity contribution in [2.24, 2.45) is 5.92 Å². The van der Waals surface area contributed by atoms with Gasteiger partial charge in [-0.1, -0.05) is 19.1 Å². The number of piperidine rings is 1. The molecule has 0 radical (unpaired) electrons. The standard InChI is InChI=1S/C17H23FN6O.ClH/c1-11-6-7-19-10-15(11)20-17(25)16(24-12(2)21-22-23-24)9-13-4-3-5-14(18)8-13;/h3-5,8,11,15-16,19H,6-7,9-10H2,1-2H3,(H,20,25);1H. The second-order valence-electron chi connectivity index (χ2n) is 6.61. The highest BCUT2D eigenvalue weighted by Crippen LogP contribution is 2.18. The predicted octanol–water partition coefficient (Wildman–Crippen LogP) is 1.44. The Morgan fingerprint density at radius 2 is 2.31 bits per heavy atom. The van der Waals surface area contributed by atoms with E-state index in [1.165, 1.54) is 16.8 Å². The Morgan fingerprint density at radius 3 is 2.96 bits per heavy atom. The number of aryl methyl sites for hydroxylation is 1. The minimum atomic E-state index is -0.620. The Hall–Kier alpha value is -2.06. The first kappa shape index (κ1) is 20.3. The van der Waals surface area contributed by atoms with E-state index in [0.29, 0.717) is 18.2 Å². The maximum atomic E-state index is 13.5. The zero-order chi connectivity index (χ0) is 17.8. The number of hydrogen-bond donors (Lipinski definition) is 2. The van der Waals surface area contributed by atoms with Crippen molar-refractivity contribution < 1.29 is 9.18 Å². The molecule has 1 aromatic carbocycles. The van der Waals surface area contributed by atoms with Gasteiger partial charge in [-0.05, 0) is 53.9 Å². The predicted molar refractivity (Wildman–Crippen MR) is 97.5 cm³/mol. The van der Waals surface area contributed by atoms with Crippen molar-refractivity contribution in [3.8, 4) is 0 Å².